The molecule has 0 fully saturated rings. The third-order valence-electron chi connectivity index (χ3n) is 12.7. The van der Waals surface area contributed by atoms with Crippen LogP contribution in [0.2, 0.25) is 0 Å². The number of benzene rings is 8. The van der Waals surface area contributed by atoms with Crippen LogP contribution in [0.3, 0.4) is 0 Å². The fourth-order valence-corrected chi connectivity index (χ4v) is 8.74. The summed E-state index contributed by atoms with van der Waals surface area (Å²) in [6, 6.07) is 53.4. The predicted octanol–water partition coefficient (Wildman–Crippen LogP) is 18.7. The van der Waals surface area contributed by atoms with E-state index in [0.29, 0.717) is 45.1 Å². The minimum atomic E-state index is -0.544. The molecule has 8 aromatic rings. The molecule has 0 saturated carbocycles. The molecule has 8 aromatic carbocycles. The van der Waals surface area contributed by atoms with E-state index < -0.39 is 11.9 Å². The highest BCUT2D eigenvalue weighted by Gasteiger charge is 2.23. The molecule has 8 nitrogen and oxygen atoms in total. The van der Waals surface area contributed by atoms with E-state index in [0.717, 1.165) is 45.8 Å². The Hall–Kier alpha value is -7.58. The number of hydrogen-bond donors (Lipinski definition) is 0. The first kappa shape index (κ1) is 48.9. The molecular formula is C62H62N4O4. The van der Waals surface area contributed by atoms with Crippen molar-refractivity contribution in [1.82, 2.24) is 0 Å². The summed E-state index contributed by atoms with van der Waals surface area (Å²) in [6.07, 6.45) is 17.5. The van der Waals surface area contributed by atoms with E-state index in [4.69, 9.17) is 9.47 Å². The van der Waals surface area contributed by atoms with E-state index in [9.17, 15) is 9.59 Å². The fourth-order valence-electron chi connectivity index (χ4n) is 8.74. The number of hydrogen-bond acceptors (Lipinski definition) is 8. The van der Waals surface area contributed by atoms with Gasteiger partial charge in [-0.3, -0.25) is 0 Å². The Morgan fingerprint density at radius 1 is 0.357 bits per heavy atom. The highest BCUT2D eigenvalue weighted by atomic mass is 16.5. The molecule has 0 radical (unpaired) electrons. The summed E-state index contributed by atoms with van der Waals surface area (Å²) in [6.45, 7) is 4.49. The van der Waals surface area contributed by atoms with Crippen LogP contribution in [0.15, 0.2) is 190 Å². The Kier molecular flexibility index (Phi) is 17.6. The number of unbranched alkanes of at least 4 members (excludes halogenated alkanes) is 10. The van der Waals surface area contributed by atoms with Crippen molar-refractivity contribution in [3.63, 3.8) is 0 Å². The Bertz CT molecular complexity index is 2830. The van der Waals surface area contributed by atoms with Gasteiger partial charge in [0.2, 0.25) is 0 Å². The number of rotatable bonds is 23. The summed E-state index contributed by atoms with van der Waals surface area (Å²) >= 11 is 0. The van der Waals surface area contributed by atoms with Gasteiger partial charge in [0.05, 0.1) is 33.9 Å². The summed E-state index contributed by atoms with van der Waals surface area (Å²) < 4.78 is 12.5. The lowest BCUT2D eigenvalue weighted by atomic mass is 9.92. The zero-order chi connectivity index (χ0) is 48.3. The number of fused-ring (bicyclic) bond motifs is 2. The summed E-state index contributed by atoms with van der Waals surface area (Å²) in [4.78, 5) is 27.9. The van der Waals surface area contributed by atoms with Crippen molar-refractivity contribution in [1.29, 1.82) is 0 Å². The molecule has 0 spiro atoms. The smallest absolute Gasteiger partial charge is 0.343 e. The summed E-state index contributed by atoms with van der Waals surface area (Å²) in [5.74, 6) is -0.443. The molecule has 0 heterocycles. The molecule has 0 aliphatic rings. The van der Waals surface area contributed by atoms with Crippen molar-refractivity contribution in [3.05, 3.63) is 192 Å². The van der Waals surface area contributed by atoms with Gasteiger partial charge in [-0.1, -0.05) is 163 Å². The molecule has 0 aromatic heterocycles. The standard InChI is InChI=1S/C62H62N4O4/c1-3-5-7-9-11-13-19-45-25-35-51(36-26-45)63-65-53-39-29-49(30-40-53)61(67)69-57-43-33-47-21-15-17-23-55(47)59(57)60-56-24-18-16-22-48(56)34-44-58(60)70-62(68)50-31-41-54(42-32-50)66-64-52-37-27-46(28-38-52)20-14-12-10-8-6-4-2/h15-18,21-44H,3-14,19-20H2,1-2H3. The van der Waals surface area contributed by atoms with Crippen LogP contribution in [0.4, 0.5) is 22.7 Å². The maximum absolute atomic E-state index is 14.0. The lowest BCUT2D eigenvalue weighted by Crippen LogP contribution is -2.11. The molecule has 0 aliphatic carbocycles. The van der Waals surface area contributed by atoms with Gasteiger partial charge in [-0.05, 0) is 143 Å². The van der Waals surface area contributed by atoms with E-state index in [-0.39, 0.29) is 0 Å². The lowest BCUT2D eigenvalue weighted by Gasteiger charge is -2.18. The van der Waals surface area contributed by atoms with Gasteiger partial charge in [0.15, 0.2) is 0 Å². The topological polar surface area (TPSA) is 102 Å². The van der Waals surface area contributed by atoms with Gasteiger partial charge in [0.25, 0.3) is 0 Å². The molecule has 0 N–H and O–H groups in total. The number of aryl methyl sites for hydroxylation is 2. The maximum Gasteiger partial charge on any atom is 0.343 e. The first-order valence-electron chi connectivity index (χ1n) is 25.2. The van der Waals surface area contributed by atoms with Crippen molar-refractivity contribution in [2.24, 2.45) is 20.5 Å². The van der Waals surface area contributed by atoms with Crippen molar-refractivity contribution >= 4 is 56.2 Å². The van der Waals surface area contributed by atoms with Gasteiger partial charge in [-0.2, -0.15) is 20.5 Å². The van der Waals surface area contributed by atoms with Crippen molar-refractivity contribution in [2.75, 3.05) is 0 Å². The zero-order valence-electron chi connectivity index (χ0n) is 40.5. The Balaban J connectivity index is 0.967. The predicted molar refractivity (Wildman–Crippen MR) is 285 cm³/mol. The van der Waals surface area contributed by atoms with Crippen molar-refractivity contribution < 1.29 is 19.1 Å². The maximum atomic E-state index is 14.0. The van der Waals surface area contributed by atoms with E-state index in [2.05, 4.69) is 58.6 Å². The molecule has 70 heavy (non-hydrogen) atoms. The van der Waals surface area contributed by atoms with Crippen LogP contribution in [0.25, 0.3) is 32.7 Å². The third kappa shape index (κ3) is 13.3. The fraction of sp³-hybridized carbons (Fsp3) is 0.258. The SMILES string of the molecule is CCCCCCCCc1ccc(N=Nc2ccc(C(=O)Oc3ccc4ccccc4c3-c3c(OC(=O)c4ccc(N=Nc5ccc(CCCCCCCC)cc5)cc4)ccc4ccccc34)cc2)cc1. The van der Waals surface area contributed by atoms with E-state index >= 15 is 0 Å². The minimum Gasteiger partial charge on any atom is -0.422 e. The number of nitrogens with zero attached hydrogens (tertiary/aromatic N) is 4. The highest BCUT2D eigenvalue weighted by molar-refractivity contribution is 6.11. The average molecular weight is 927 g/mol. The molecular weight excluding hydrogens is 865 g/mol. The molecule has 0 unspecified atom stereocenters. The van der Waals surface area contributed by atoms with Crippen LogP contribution in [-0.4, -0.2) is 11.9 Å². The second-order valence-corrected chi connectivity index (χ2v) is 18.0. The van der Waals surface area contributed by atoms with Gasteiger partial charge in [-0.15, -0.1) is 0 Å². The van der Waals surface area contributed by atoms with Crippen LogP contribution in [0.1, 0.15) is 123 Å². The van der Waals surface area contributed by atoms with Crippen LogP contribution in [0, 0.1) is 0 Å². The number of esters is 2. The summed E-state index contributed by atoms with van der Waals surface area (Å²) in [5.41, 5.74) is 7.32. The van der Waals surface area contributed by atoms with Crippen LogP contribution < -0.4 is 9.47 Å². The Labute approximate surface area is 412 Å². The van der Waals surface area contributed by atoms with Crippen LogP contribution >= 0.6 is 0 Å². The van der Waals surface area contributed by atoms with Gasteiger partial charge < -0.3 is 9.47 Å². The third-order valence-corrected chi connectivity index (χ3v) is 12.7. The van der Waals surface area contributed by atoms with E-state index in [1.54, 1.807) is 60.7 Å². The van der Waals surface area contributed by atoms with Crippen molar-refractivity contribution in [2.45, 2.75) is 104 Å². The van der Waals surface area contributed by atoms with Gasteiger partial charge >= 0.3 is 11.9 Å². The minimum absolute atomic E-state index is 0.322. The summed E-state index contributed by atoms with van der Waals surface area (Å²) in [7, 11) is 0. The van der Waals surface area contributed by atoms with Crippen molar-refractivity contribution in [3.8, 4) is 22.6 Å². The molecule has 0 bridgehead atoms. The molecule has 0 atom stereocenters. The van der Waals surface area contributed by atoms with Crippen LogP contribution in [-0.2, 0) is 12.8 Å². The number of carbonyl (C=O) groups excluding carboxylic acids is 2. The van der Waals surface area contributed by atoms with Gasteiger partial charge in [0.1, 0.15) is 11.5 Å². The zero-order valence-corrected chi connectivity index (χ0v) is 40.5. The number of azo groups is 2. The largest absolute Gasteiger partial charge is 0.422 e. The first-order chi connectivity index (χ1) is 34.4. The summed E-state index contributed by atoms with van der Waals surface area (Å²) in [5, 5.41) is 21.3. The first-order valence-corrected chi connectivity index (χ1v) is 25.2. The second-order valence-electron chi connectivity index (χ2n) is 18.0. The molecule has 0 amide bonds. The van der Waals surface area contributed by atoms with Crippen LogP contribution in [0.5, 0.6) is 11.5 Å². The molecule has 0 aliphatic heterocycles. The van der Waals surface area contributed by atoms with Gasteiger partial charge in [-0.25, -0.2) is 9.59 Å². The quantitative estimate of drug-likeness (QED) is 0.0276. The number of ether oxygens (including phenoxy) is 2. The molecule has 8 rings (SSSR count). The number of carbonyl (C=O) groups is 2. The molecule has 8 heteroatoms. The molecule has 354 valence electrons. The highest BCUT2D eigenvalue weighted by Crippen LogP contribution is 2.46. The Morgan fingerprint density at radius 2 is 0.686 bits per heavy atom. The monoisotopic (exact) mass is 926 g/mol. The van der Waals surface area contributed by atoms with E-state index in [1.807, 2.05) is 84.9 Å². The van der Waals surface area contributed by atoms with E-state index in [1.165, 1.54) is 88.2 Å². The van der Waals surface area contributed by atoms with Gasteiger partial charge in [0, 0.05) is 11.1 Å². The molecule has 0 saturated heterocycles. The lowest BCUT2D eigenvalue weighted by molar-refractivity contribution is 0.0723. The second kappa shape index (κ2) is 25.2. The normalized spacial score (nSPS) is 11.5. The average Bonchev–Trinajstić information content (AvgIpc) is 3.40. The Morgan fingerprint density at radius 3 is 1.06 bits per heavy atom.